The summed E-state index contributed by atoms with van der Waals surface area (Å²) >= 11 is 0. The molecule has 2 N–H and O–H groups in total. The fourth-order valence-corrected chi connectivity index (χ4v) is 3.33. The van der Waals surface area contributed by atoms with Gasteiger partial charge in [0.1, 0.15) is 12.1 Å². The maximum Gasteiger partial charge on any atom is 0.410 e. The number of carbonyl (C=O) groups excluding carboxylic acids is 4. The average molecular weight is 380 g/mol. The number of likely N-dealkylation sites (tertiary alicyclic amines) is 1. The van der Waals surface area contributed by atoms with Crippen LogP contribution in [0.1, 0.15) is 33.1 Å². The molecule has 0 aromatic carbocycles. The Morgan fingerprint density at radius 1 is 1.26 bits per heavy atom. The van der Waals surface area contributed by atoms with Crippen molar-refractivity contribution in [2.24, 2.45) is 11.8 Å². The zero-order chi connectivity index (χ0) is 20.1. The second kappa shape index (κ2) is 8.70. The lowest BCUT2D eigenvalue weighted by molar-refractivity contribution is -0.162. The van der Waals surface area contributed by atoms with Crippen LogP contribution in [0.4, 0.5) is 4.79 Å². The third-order valence-corrected chi connectivity index (χ3v) is 4.68. The maximum absolute atomic E-state index is 12.9. The first-order chi connectivity index (χ1) is 12.8. The van der Waals surface area contributed by atoms with Crippen molar-refractivity contribution in [1.82, 2.24) is 15.5 Å². The first kappa shape index (κ1) is 20.5. The van der Waals surface area contributed by atoms with E-state index in [1.54, 1.807) is 0 Å². The summed E-state index contributed by atoms with van der Waals surface area (Å²) in [5.74, 6) is -2.00. The Balaban J connectivity index is 2.08. The molecule has 0 radical (unpaired) electrons. The zero-order valence-corrected chi connectivity index (χ0v) is 15.6. The third kappa shape index (κ3) is 5.09. The second-order valence-electron chi connectivity index (χ2n) is 6.64. The van der Waals surface area contributed by atoms with Gasteiger partial charge in [-0.05, 0) is 19.3 Å². The molecule has 2 rings (SSSR count). The lowest BCUT2D eigenvalue weighted by Crippen LogP contribution is -2.52. The summed E-state index contributed by atoms with van der Waals surface area (Å²) in [7, 11) is 1.50. The molecule has 0 bridgehead atoms. The van der Waals surface area contributed by atoms with E-state index in [9.17, 15) is 24.4 Å². The molecule has 27 heavy (non-hydrogen) atoms. The summed E-state index contributed by atoms with van der Waals surface area (Å²) in [6, 6.07) is 0.552. The van der Waals surface area contributed by atoms with Crippen LogP contribution in [0.15, 0.2) is 0 Å². The van der Waals surface area contributed by atoms with Gasteiger partial charge in [0.2, 0.25) is 18.1 Å². The summed E-state index contributed by atoms with van der Waals surface area (Å²) < 4.78 is 9.65. The molecule has 0 aromatic heterocycles. The molecular formula is C17H24N4O6. The molecule has 1 aliphatic heterocycles. The van der Waals surface area contributed by atoms with Crippen LogP contribution in [-0.2, 0) is 23.9 Å². The van der Waals surface area contributed by atoms with E-state index in [2.05, 4.69) is 16.7 Å². The second-order valence-corrected chi connectivity index (χ2v) is 6.64. The highest BCUT2D eigenvalue weighted by atomic mass is 16.7. The minimum atomic E-state index is -1.12. The molecule has 0 spiro atoms. The molecule has 10 heteroatoms. The molecule has 2 fully saturated rings. The molecule has 5 atom stereocenters. The number of esters is 1. The van der Waals surface area contributed by atoms with Crippen molar-refractivity contribution >= 4 is 23.9 Å². The predicted octanol–water partition coefficient (Wildman–Crippen LogP) is -0.113. The van der Waals surface area contributed by atoms with Crippen LogP contribution in [0.3, 0.4) is 0 Å². The molecule has 148 valence electrons. The van der Waals surface area contributed by atoms with E-state index < -0.39 is 42.3 Å². The molecule has 1 heterocycles. The average Bonchev–Trinajstić information content (AvgIpc) is 3.25. The van der Waals surface area contributed by atoms with E-state index in [4.69, 9.17) is 9.47 Å². The van der Waals surface area contributed by atoms with Crippen molar-refractivity contribution in [3.63, 3.8) is 0 Å². The van der Waals surface area contributed by atoms with Gasteiger partial charge in [0.15, 0.2) is 0 Å². The number of nitrogens with one attached hydrogen (secondary N) is 2. The topological polar surface area (TPSA) is 138 Å². The van der Waals surface area contributed by atoms with E-state index >= 15 is 0 Å². The highest BCUT2D eigenvalue weighted by Crippen LogP contribution is 2.42. The third-order valence-electron chi connectivity index (χ3n) is 4.68. The van der Waals surface area contributed by atoms with Crippen LogP contribution >= 0.6 is 0 Å². The number of rotatable bonds is 6. The standard InChI is InChI=1S/C17H24N4O6/c1-9(22)26-10(2)27-17(25)20-14(12-7-13(12)15(23)19-3)16(24)21-6-4-5-11(21)8-18/h10-14H,4-7H2,1-3H3,(H,19,23)(H,20,25)/t10?,11?,12-,13-,14-/m0/s1. The molecule has 1 saturated carbocycles. The van der Waals surface area contributed by atoms with Crippen molar-refractivity contribution in [2.75, 3.05) is 13.6 Å². The van der Waals surface area contributed by atoms with Gasteiger partial charge in [-0.25, -0.2) is 4.79 Å². The SMILES string of the molecule is CNC(=O)[C@H]1C[C@@H]1[C@H](NC(=O)OC(C)OC(C)=O)C(=O)N1CCCC1C#N. The van der Waals surface area contributed by atoms with Gasteiger partial charge in [-0.3, -0.25) is 14.4 Å². The van der Waals surface area contributed by atoms with Crippen LogP contribution in [0.25, 0.3) is 0 Å². The van der Waals surface area contributed by atoms with Crippen molar-refractivity contribution in [3.05, 3.63) is 0 Å². The smallest absolute Gasteiger partial charge is 0.410 e. The number of nitrogens with zero attached hydrogens (tertiary/aromatic N) is 2. The summed E-state index contributed by atoms with van der Waals surface area (Å²) in [5, 5.41) is 14.2. The van der Waals surface area contributed by atoms with Crippen molar-refractivity contribution < 1.29 is 28.7 Å². The number of hydrogen-bond donors (Lipinski definition) is 2. The zero-order valence-electron chi connectivity index (χ0n) is 15.6. The molecule has 2 aliphatic rings. The largest absolute Gasteiger partial charge is 0.426 e. The molecule has 3 amide bonds. The number of nitriles is 1. The van der Waals surface area contributed by atoms with E-state index in [-0.39, 0.29) is 11.8 Å². The fourth-order valence-electron chi connectivity index (χ4n) is 3.33. The first-order valence-corrected chi connectivity index (χ1v) is 8.84. The van der Waals surface area contributed by atoms with Gasteiger partial charge in [-0.2, -0.15) is 5.26 Å². The number of amides is 3. The van der Waals surface area contributed by atoms with Crippen LogP contribution in [0.5, 0.6) is 0 Å². The highest BCUT2D eigenvalue weighted by Gasteiger charge is 2.52. The van der Waals surface area contributed by atoms with E-state index in [0.29, 0.717) is 25.8 Å². The Morgan fingerprint density at radius 3 is 2.56 bits per heavy atom. The summed E-state index contributed by atoms with van der Waals surface area (Å²) in [6.07, 6.45) is -0.329. The van der Waals surface area contributed by atoms with Crippen molar-refractivity contribution in [1.29, 1.82) is 5.26 Å². The van der Waals surface area contributed by atoms with Crippen LogP contribution < -0.4 is 10.6 Å². The molecule has 10 nitrogen and oxygen atoms in total. The van der Waals surface area contributed by atoms with E-state index in [1.165, 1.54) is 25.8 Å². The number of ether oxygens (including phenoxy) is 2. The Bertz CT molecular complexity index is 660. The Labute approximate surface area is 157 Å². The minimum absolute atomic E-state index is 0.209. The quantitative estimate of drug-likeness (QED) is 0.484. The van der Waals surface area contributed by atoms with Crippen LogP contribution in [0.2, 0.25) is 0 Å². The minimum Gasteiger partial charge on any atom is -0.426 e. The number of carbonyl (C=O) groups is 4. The van der Waals surface area contributed by atoms with Gasteiger partial charge in [-0.15, -0.1) is 0 Å². The molecule has 1 aliphatic carbocycles. The molecular weight excluding hydrogens is 356 g/mol. The Kier molecular flexibility index (Phi) is 6.60. The monoisotopic (exact) mass is 380 g/mol. The normalized spacial score (nSPS) is 25.6. The van der Waals surface area contributed by atoms with Gasteiger partial charge in [0.05, 0.1) is 6.07 Å². The van der Waals surface area contributed by atoms with Gasteiger partial charge in [-0.1, -0.05) is 0 Å². The van der Waals surface area contributed by atoms with E-state index in [0.717, 1.165) is 0 Å². The summed E-state index contributed by atoms with van der Waals surface area (Å²) in [4.78, 5) is 49.3. The van der Waals surface area contributed by atoms with Crippen LogP contribution in [0, 0.1) is 23.2 Å². The lowest BCUT2D eigenvalue weighted by Gasteiger charge is -2.26. The predicted molar refractivity (Wildman–Crippen MR) is 90.6 cm³/mol. The number of hydrogen-bond acceptors (Lipinski definition) is 7. The molecule has 0 aromatic rings. The fraction of sp³-hybridized carbons (Fsp3) is 0.706. The van der Waals surface area contributed by atoms with Crippen molar-refractivity contribution in [2.45, 2.75) is 51.5 Å². The van der Waals surface area contributed by atoms with Gasteiger partial charge in [0.25, 0.3) is 0 Å². The molecule has 2 unspecified atom stereocenters. The van der Waals surface area contributed by atoms with Gasteiger partial charge in [0, 0.05) is 39.3 Å². The van der Waals surface area contributed by atoms with Crippen LogP contribution in [-0.4, -0.2) is 60.7 Å². The van der Waals surface area contributed by atoms with Gasteiger partial charge >= 0.3 is 12.1 Å². The molecule has 1 saturated heterocycles. The maximum atomic E-state index is 12.9. The number of alkyl carbamates (subject to hydrolysis) is 1. The Morgan fingerprint density at radius 2 is 1.96 bits per heavy atom. The Hall–Kier alpha value is -2.83. The lowest BCUT2D eigenvalue weighted by atomic mass is 10.1. The van der Waals surface area contributed by atoms with Crippen molar-refractivity contribution in [3.8, 4) is 6.07 Å². The highest BCUT2D eigenvalue weighted by molar-refractivity contribution is 5.90. The van der Waals surface area contributed by atoms with E-state index in [1.807, 2.05) is 0 Å². The van der Waals surface area contributed by atoms with Gasteiger partial charge < -0.3 is 25.0 Å². The summed E-state index contributed by atoms with van der Waals surface area (Å²) in [6.45, 7) is 2.97. The summed E-state index contributed by atoms with van der Waals surface area (Å²) in [5.41, 5.74) is 0. The first-order valence-electron chi connectivity index (χ1n) is 8.84.